The molecule has 0 unspecified atom stereocenters. The number of hydrogen-bond donors (Lipinski definition) is 0. The second-order valence-corrected chi connectivity index (χ2v) is 13.3. The molecular formula is C49H32N4O. The molecule has 0 aliphatic carbocycles. The first-order valence-corrected chi connectivity index (χ1v) is 18.0. The van der Waals surface area contributed by atoms with Gasteiger partial charge in [-0.05, 0) is 70.4 Å². The molecule has 2 heterocycles. The summed E-state index contributed by atoms with van der Waals surface area (Å²) in [4.78, 5) is 17.5. The van der Waals surface area contributed by atoms with Crippen LogP contribution in [0, 0.1) is 0 Å². The quantitative estimate of drug-likeness (QED) is 0.166. The molecule has 5 nitrogen and oxygen atoms in total. The van der Waals surface area contributed by atoms with Gasteiger partial charge in [0.1, 0.15) is 11.2 Å². The normalized spacial score (nSPS) is 11.3. The highest BCUT2D eigenvalue weighted by Crippen LogP contribution is 2.46. The average Bonchev–Trinajstić information content (AvgIpc) is 3.63. The van der Waals surface area contributed by atoms with E-state index < -0.39 is 0 Å². The largest absolute Gasteiger partial charge is 0.455 e. The van der Waals surface area contributed by atoms with Crippen molar-refractivity contribution in [2.75, 3.05) is 4.90 Å². The smallest absolute Gasteiger partial charge is 0.167 e. The van der Waals surface area contributed by atoms with Crippen molar-refractivity contribution in [1.82, 2.24) is 15.0 Å². The summed E-state index contributed by atoms with van der Waals surface area (Å²) >= 11 is 0. The number of benzene rings is 8. The highest BCUT2D eigenvalue weighted by atomic mass is 16.3. The molecule has 2 aromatic heterocycles. The van der Waals surface area contributed by atoms with Crippen molar-refractivity contribution < 1.29 is 4.42 Å². The van der Waals surface area contributed by atoms with Gasteiger partial charge in [0, 0.05) is 27.9 Å². The molecule has 0 saturated heterocycles. The van der Waals surface area contributed by atoms with Gasteiger partial charge in [0.2, 0.25) is 0 Å². The van der Waals surface area contributed by atoms with Crippen LogP contribution in [0.1, 0.15) is 0 Å². The number of aromatic nitrogens is 3. The van der Waals surface area contributed by atoms with Crippen LogP contribution in [0.5, 0.6) is 0 Å². The molecule has 0 saturated carbocycles. The van der Waals surface area contributed by atoms with Gasteiger partial charge in [-0.1, -0.05) is 146 Å². The first-order chi connectivity index (χ1) is 26.8. The van der Waals surface area contributed by atoms with Crippen molar-refractivity contribution in [3.8, 4) is 45.3 Å². The molecule has 0 aliphatic rings. The fraction of sp³-hybridized carbons (Fsp3) is 0. The molecule has 54 heavy (non-hydrogen) atoms. The average molecular weight is 693 g/mol. The van der Waals surface area contributed by atoms with Crippen LogP contribution in [0.3, 0.4) is 0 Å². The Balaban J connectivity index is 1.24. The van der Waals surface area contributed by atoms with E-state index in [0.29, 0.717) is 23.1 Å². The van der Waals surface area contributed by atoms with Crippen molar-refractivity contribution in [1.29, 1.82) is 0 Å². The van der Waals surface area contributed by atoms with Crippen molar-refractivity contribution >= 4 is 49.8 Å². The molecule has 0 radical (unpaired) electrons. The summed E-state index contributed by atoms with van der Waals surface area (Å²) in [5.74, 6) is 1.74. The molecule has 0 spiro atoms. The van der Waals surface area contributed by atoms with Gasteiger partial charge >= 0.3 is 0 Å². The van der Waals surface area contributed by atoms with Crippen LogP contribution in [0.4, 0.5) is 17.1 Å². The summed E-state index contributed by atoms with van der Waals surface area (Å²) in [5, 5.41) is 4.25. The third-order valence-electron chi connectivity index (χ3n) is 9.89. The zero-order chi connectivity index (χ0) is 35.8. The maximum Gasteiger partial charge on any atom is 0.167 e. The molecule has 0 aliphatic heterocycles. The van der Waals surface area contributed by atoms with Crippen LogP contribution in [0.2, 0.25) is 0 Å². The van der Waals surface area contributed by atoms with Gasteiger partial charge in [0.15, 0.2) is 17.5 Å². The summed E-state index contributed by atoms with van der Waals surface area (Å²) in [5.41, 5.74) is 9.51. The lowest BCUT2D eigenvalue weighted by atomic mass is 10.0. The number of rotatable bonds is 7. The first kappa shape index (κ1) is 31.4. The molecule has 10 aromatic rings. The summed E-state index contributed by atoms with van der Waals surface area (Å²) in [6.07, 6.45) is 0. The molecule has 0 amide bonds. The van der Waals surface area contributed by atoms with Gasteiger partial charge in [-0.2, -0.15) is 0 Å². The Kier molecular flexibility index (Phi) is 7.73. The van der Waals surface area contributed by atoms with E-state index in [2.05, 4.69) is 126 Å². The van der Waals surface area contributed by atoms with E-state index in [4.69, 9.17) is 19.4 Å². The van der Waals surface area contributed by atoms with Crippen LogP contribution in [0.25, 0.3) is 78.0 Å². The van der Waals surface area contributed by atoms with Crippen molar-refractivity contribution in [3.05, 3.63) is 194 Å². The topological polar surface area (TPSA) is 55.1 Å². The van der Waals surface area contributed by atoms with E-state index in [1.54, 1.807) is 0 Å². The predicted octanol–water partition coefficient (Wildman–Crippen LogP) is 13.1. The van der Waals surface area contributed by atoms with Gasteiger partial charge < -0.3 is 9.32 Å². The van der Waals surface area contributed by atoms with E-state index in [9.17, 15) is 0 Å². The molecule has 0 N–H and O–H groups in total. The lowest BCUT2D eigenvalue weighted by Crippen LogP contribution is -2.10. The fourth-order valence-corrected chi connectivity index (χ4v) is 7.28. The monoisotopic (exact) mass is 692 g/mol. The van der Waals surface area contributed by atoms with Crippen molar-refractivity contribution in [3.63, 3.8) is 0 Å². The number of hydrogen-bond acceptors (Lipinski definition) is 5. The van der Waals surface area contributed by atoms with Gasteiger partial charge in [-0.3, -0.25) is 0 Å². The molecule has 5 heteroatoms. The Hall–Kier alpha value is -7.37. The molecule has 0 bridgehead atoms. The Bertz CT molecular complexity index is 2850. The highest BCUT2D eigenvalue weighted by molar-refractivity contribution is 6.19. The number of anilines is 3. The molecule has 0 fully saturated rings. The molecule has 0 atom stereocenters. The van der Waals surface area contributed by atoms with E-state index in [1.807, 2.05) is 72.8 Å². The van der Waals surface area contributed by atoms with Gasteiger partial charge in [0.25, 0.3) is 0 Å². The maximum absolute atomic E-state index is 6.95. The minimum absolute atomic E-state index is 0.543. The minimum atomic E-state index is 0.543. The summed E-state index contributed by atoms with van der Waals surface area (Å²) < 4.78 is 6.95. The number of fused-ring (bicyclic) bond motifs is 4. The van der Waals surface area contributed by atoms with Gasteiger partial charge in [0.05, 0.1) is 16.6 Å². The van der Waals surface area contributed by atoms with Gasteiger partial charge in [-0.25, -0.2) is 15.0 Å². The Labute approximate surface area is 312 Å². The lowest BCUT2D eigenvalue weighted by molar-refractivity contribution is 0.670. The minimum Gasteiger partial charge on any atom is -0.455 e. The van der Waals surface area contributed by atoms with Crippen molar-refractivity contribution in [2.24, 2.45) is 0 Å². The highest BCUT2D eigenvalue weighted by Gasteiger charge is 2.24. The van der Waals surface area contributed by atoms with E-state index in [0.717, 1.165) is 66.4 Å². The Morgan fingerprint density at radius 3 is 1.48 bits per heavy atom. The fourth-order valence-electron chi connectivity index (χ4n) is 7.28. The molecule has 254 valence electrons. The number of furan rings is 1. The van der Waals surface area contributed by atoms with Gasteiger partial charge in [-0.15, -0.1) is 0 Å². The standard InChI is InChI=1S/C49H32N4O/c1-5-15-33(16-6-1)34-25-27-40(28-26-34)53(39-23-11-4-12-24-39)43-30-29-41(46-45(43)42-31-37-21-13-14-22-38(37)32-44(42)54-46)49-51-47(35-17-7-2-8-18-35)50-48(52-49)36-19-9-3-10-20-36/h1-32H. The van der Waals surface area contributed by atoms with Crippen LogP contribution >= 0.6 is 0 Å². The summed E-state index contributed by atoms with van der Waals surface area (Å²) in [6.45, 7) is 0. The zero-order valence-corrected chi connectivity index (χ0v) is 29.2. The number of nitrogens with zero attached hydrogens (tertiary/aromatic N) is 4. The summed E-state index contributed by atoms with van der Waals surface area (Å²) in [7, 11) is 0. The Morgan fingerprint density at radius 2 is 0.870 bits per heavy atom. The predicted molar refractivity (Wildman–Crippen MR) is 221 cm³/mol. The lowest BCUT2D eigenvalue weighted by Gasteiger charge is -2.26. The van der Waals surface area contributed by atoms with Crippen molar-refractivity contribution in [2.45, 2.75) is 0 Å². The van der Waals surface area contributed by atoms with E-state index >= 15 is 0 Å². The second-order valence-electron chi connectivity index (χ2n) is 13.3. The summed E-state index contributed by atoms with van der Waals surface area (Å²) in [6, 6.07) is 66.9. The third kappa shape index (κ3) is 5.65. The van der Waals surface area contributed by atoms with Crippen LogP contribution in [-0.4, -0.2) is 15.0 Å². The van der Waals surface area contributed by atoms with Crippen LogP contribution in [0.15, 0.2) is 199 Å². The van der Waals surface area contributed by atoms with E-state index in [1.165, 1.54) is 5.56 Å². The maximum atomic E-state index is 6.95. The zero-order valence-electron chi connectivity index (χ0n) is 29.2. The molecular weight excluding hydrogens is 661 g/mol. The molecule has 10 rings (SSSR count). The Morgan fingerprint density at radius 1 is 0.389 bits per heavy atom. The SMILES string of the molecule is c1ccc(-c2ccc(N(c3ccccc3)c3ccc(-c4nc(-c5ccccc5)nc(-c5ccccc5)n4)c4oc5cc6ccccc6cc5c34)cc2)cc1. The second kappa shape index (κ2) is 13.3. The molecule has 8 aromatic carbocycles. The van der Waals surface area contributed by atoms with Crippen LogP contribution in [-0.2, 0) is 0 Å². The first-order valence-electron chi connectivity index (χ1n) is 18.0. The number of para-hydroxylation sites is 1. The third-order valence-corrected chi connectivity index (χ3v) is 9.89. The van der Waals surface area contributed by atoms with E-state index in [-0.39, 0.29) is 0 Å². The van der Waals surface area contributed by atoms with Crippen LogP contribution < -0.4 is 4.90 Å².